The van der Waals surface area contributed by atoms with E-state index in [1.165, 1.54) is 0 Å². The molecule has 0 radical (unpaired) electrons. The Balaban J connectivity index is 0.00000128. The SMILES string of the molecule is Cl.O=C(NN1CCNCC1)c1cccnc1. The predicted octanol–water partition coefficient (Wildman–Crippen LogP) is 0.0534. The molecule has 1 fully saturated rings. The first-order valence-electron chi connectivity index (χ1n) is 5.03. The maximum Gasteiger partial charge on any atom is 0.267 e. The summed E-state index contributed by atoms with van der Waals surface area (Å²) in [5.74, 6) is -0.0926. The molecule has 0 aliphatic carbocycles. The normalized spacial score (nSPS) is 16.2. The first kappa shape index (κ1) is 12.9. The van der Waals surface area contributed by atoms with E-state index in [1.54, 1.807) is 24.5 Å². The number of hydrazine groups is 1. The summed E-state index contributed by atoms with van der Waals surface area (Å²) in [6.07, 6.45) is 3.22. The molecule has 1 aliphatic heterocycles. The standard InChI is InChI=1S/C10H14N4O.ClH/c15-10(9-2-1-3-12-8-9)13-14-6-4-11-5-7-14;/h1-3,8,11H,4-7H2,(H,13,15);1H. The predicted molar refractivity (Wildman–Crippen MR) is 63.4 cm³/mol. The average Bonchev–Trinajstić information content (AvgIpc) is 2.31. The Morgan fingerprint density at radius 1 is 1.44 bits per heavy atom. The van der Waals surface area contributed by atoms with Crippen LogP contribution in [0.5, 0.6) is 0 Å². The van der Waals surface area contributed by atoms with Crippen LogP contribution >= 0.6 is 12.4 Å². The van der Waals surface area contributed by atoms with Crippen molar-refractivity contribution in [3.63, 3.8) is 0 Å². The largest absolute Gasteiger partial charge is 0.314 e. The third kappa shape index (κ3) is 3.44. The summed E-state index contributed by atoms with van der Waals surface area (Å²) in [4.78, 5) is 15.6. The second kappa shape index (κ2) is 6.42. The van der Waals surface area contributed by atoms with Crippen LogP contribution in [0.2, 0.25) is 0 Å². The zero-order chi connectivity index (χ0) is 10.5. The van der Waals surface area contributed by atoms with Crippen LogP contribution in [0, 0.1) is 0 Å². The molecular formula is C10H15ClN4O. The van der Waals surface area contributed by atoms with E-state index >= 15 is 0 Å². The van der Waals surface area contributed by atoms with Crippen molar-refractivity contribution in [2.45, 2.75) is 0 Å². The maximum atomic E-state index is 11.7. The van der Waals surface area contributed by atoms with Crippen LogP contribution in [0.1, 0.15) is 10.4 Å². The van der Waals surface area contributed by atoms with Crippen LogP contribution in [0.25, 0.3) is 0 Å². The number of aromatic nitrogens is 1. The fraction of sp³-hybridized carbons (Fsp3) is 0.400. The molecule has 1 aromatic heterocycles. The molecule has 0 atom stereocenters. The van der Waals surface area contributed by atoms with Crippen molar-refractivity contribution in [3.8, 4) is 0 Å². The Hall–Kier alpha value is -1.17. The number of amides is 1. The van der Waals surface area contributed by atoms with Gasteiger partial charge < -0.3 is 5.32 Å². The molecule has 0 aromatic carbocycles. The molecule has 6 heteroatoms. The summed E-state index contributed by atoms with van der Waals surface area (Å²) in [6.45, 7) is 3.50. The second-order valence-corrected chi connectivity index (χ2v) is 3.42. The van der Waals surface area contributed by atoms with Crippen LogP contribution in [0.3, 0.4) is 0 Å². The van der Waals surface area contributed by atoms with Crippen molar-refractivity contribution < 1.29 is 4.79 Å². The van der Waals surface area contributed by atoms with Crippen molar-refractivity contribution >= 4 is 18.3 Å². The van der Waals surface area contributed by atoms with E-state index in [0.717, 1.165) is 26.2 Å². The highest BCUT2D eigenvalue weighted by atomic mass is 35.5. The molecule has 16 heavy (non-hydrogen) atoms. The summed E-state index contributed by atoms with van der Waals surface area (Å²) in [5, 5.41) is 5.14. The zero-order valence-corrected chi connectivity index (χ0v) is 9.67. The molecule has 0 bridgehead atoms. The molecule has 2 rings (SSSR count). The minimum atomic E-state index is -0.0926. The van der Waals surface area contributed by atoms with Gasteiger partial charge in [0, 0.05) is 38.6 Å². The van der Waals surface area contributed by atoms with Gasteiger partial charge in [-0.25, -0.2) is 5.01 Å². The van der Waals surface area contributed by atoms with Gasteiger partial charge in [0.15, 0.2) is 0 Å². The molecule has 0 unspecified atom stereocenters. The van der Waals surface area contributed by atoms with Crippen LogP contribution in [0.4, 0.5) is 0 Å². The molecule has 1 aliphatic rings. The fourth-order valence-corrected chi connectivity index (χ4v) is 1.48. The smallest absolute Gasteiger partial charge is 0.267 e. The molecule has 1 saturated heterocycles. The lowest BCUT2D eigenvalue weighted by Gasteiger charge is -2.27. The van der Waals surface area contributed by atoms with Crippen LogP contribution in [-0.4, -0.2) is 42.1 Å². The van der Waals surface area contributed by atoms with Crippen LogP contribution < -0.4 is 10.7 Å². The molecule has 2 heterocycles. The molecule has 1 aromatic rings. The van der Waals surface area contributed by atoms with Gasteiger partial charge in [0.05, 0.1) is 5.56 Å². The van der Waals surface area contributed by atoms with E-state index in [9.17, 15) is 4.79 Å². The van der Waals surface area contributed by atoms with Gasteiger partial charge in [-0.2, -0.15) is 0 Å². The molecular weight excluding hydrogens is 228 g/mol. The molecule has 88 valence electrons. The van der Waals surface area contributed by atoms with Gasteiger partial charge in [-0.05, 0) is 12.1 Å². The van der Waals surface area contributed by atoms with Gasteiger partial charge >= 0.3 is 0 Å². The van der Waals surface area contributed by atoms with Gasteiger partial charge in [-0.3, -0.25) is 15.2 Å². The highest BCUT2D eigenvalue weighted by Gasteiger charge is 2.13. The van der Waals surface area contributed by atoms with Crippen LogP contribution in [-0.2, 0) is 0 Å². The summed E-state index contributed by atoms with van der Waals surface area (Å²) < 4.78 is 0. The van der Waals surface area contributed by atoms with Gasteiger partial charge in [0.1, 0.15) is 0 Å². The van der Waals surface area contributed by atoms with Gasteiger partial charge in [0.2, 0.25) is 0 Å². The van der Waals surface area contributed by atoms with Gasteiger partial charge in [0.25, 0.3) is 5.91 Å². The van der Waals surface area contributed by atoms with Crippen molar-refractivity contribution in [1.29, 1.82) is 0 Å². The van der Waals surface area contributed by atoms with Crippen LogP contribution in [0.15, 0.2) is 24.5 Å². The topological polar surface area (TPSA) is 57.3 Å². The number of carbonyl (C=O) groups is 1. The van der Waals surface area contributed by atoms with E-state index in [0.29, 0.717) is 5.56 Å². The number of rotatable bonds is 2. The summed E-state index contributed by atoms with van der Waals surface area (Å²) in [5.41, 5.74) is 3.44. The fourth-order valence-electron chi connectivity index (χ4n) is 1.48. The first-order valence-corrected chi connectivity index (χ1v) is 5.03. The van der Waals surface area contributed by atoms with Crippen molar-refractivity contribution in [2.75, 3.05) is 26.2 Å². The average molecular weight is 243 g/mol. The highest BCUT2D eigenvalue weighted by Crippen LogP contribution is 1.96. The Morgan fingerprint density at radius 3 is 2.81 bits per heavy atom. The Labute approximate surface area is 101 Å². The van der Waals surface area contributed by atoms with Crippen molar-refractivity contribution in [2.24, 2.45) is 0 Å². The quantitative estimate of drug-likeness (QED) is 0.770. The Kier molecular flexibility index (Phi) is 5.18. The lowest BCUT2D eigenvalue weighted by Crippen LogP contribution is -2.52. The summed E-state index contributed by atoms with van der Waals surface area (Å²) >= 11 is 0. The number of nitrogens with zero attached hydrogens (tertiary/aromatic N) is 2. The number of carbonyl (C=O) groups excluding carboxylic acids is 1. The summed E-state index contributed by atoms with van der Waals surface area (Å²) in [6, 6.07) is 3.51. The third-order valence-corrected chi connectivity index (χ3v) is 2.30. The number of hydrogen-bond donors (Lipinski definition) is 2. The first-order chi connectivity index (χ1) is 7.36. The van der Waals surface area contributed by atoms with Crippen molar-refractivity contribution in [1.82, 2.24) is 20.7 Å². The number of halogens is 1. The minimum absolute atomic E-state index is 0. The highest BCUT2D eigenvalue weighted by molar-refractivity contribution is 5.93. The van der Waals surface area contributed by atoms with E-state index in [-0.39, 0.29) is 18.3 Å². The maximum absolute atomic E-state index is 11.7. The summed E-state index contributed by atoms with van der Waals surface area (Å²) in [7, 11) is 0. The van der Waals surface area contributed by atoms with Gasteiger partial charge in [-0.1, -0.05) is 0 Å². The Bertz CT molecular complexity index is 327. The monoisotopic (exact) mass is 242 g/mol. The number of pyridine rings is 1. The molecule has 0 saturated carbocycles. The number of nitrogens with one attached hydrogen (secondary N) is 2. The van der Waals surface area contributed by atoms with E-state index in [1.807, 2.05) is 5.01 Å². The van der Waals surface area contributed by atoms with E-state index in [2.05, 4.69) is 15.7 Å². The molecule has 2 N–H and O–H groups in total. The number of piperazine rings is 1. The second-order valence-electron chi connectivity index (χ2n) is 3.42. The Morgan fingerprint density at radius 2 is 2.19 bits per heavy atom. The lowest BCUT2D eigenvalue weighted by molar-refractivity contribution is 0.0764. The molecule has 1 amide bonds. The molecule has 0 spiro atoms. The minimum Gasteiger partial charge on any atom is -0.314 e. The van der Waals surface area contributed by atoms with Crippen molar-refractivity contribution in [3.05, 3.63) is 30.1 Å². The third-order valence-electron chi connectivity index (χ3n) is 2.30. The van der Waals surface area contributed by atoms with E-state index in [4.69, 9.17) is 0 Å². The zero-order valence-electron chi connectivity index (χ0n) is 8.85. The van der Waals surface area contributed by atoms with E-state index < -0.39 is 0 Å². The number of hydrogen-bond acceptors (Lipinski definition) is 4. The lowest BCUT2D eigenvalue weighted by atomic mass is 10.3. The van der Waals surface area contributed by atoms with Gasteiger partial charge in [-0.15, -0.1) is 12.4 Å². The molecule has 5 nitrogen and oxygen atoms in total.